The largest absolute Gasteiger partial charge is 0.506 e. The second kappa shape index (κ2) is 8.32. The van der Waals surface area contributed by atoms with Crippen molar-refractivity contribution in [2.24, 2.45) is 4.99 Å². The number of rotatable bonds is 5. The molecule has 3 aromatic rings. The number of fused-ring (bicyclic) bond motifs is 1. The van der Waals surface area contributed by atoms with Crippen molar-refractivity contribution in [1.29, 1.82) is 0 Å². The smallest absolute Gasteiger partial charge is 0.264 e. The van der Waals surface area contributed by atoms with Gasteiger partial charge in [0.15, 0.2) is 0 Å². The van der Waals surface area contributed by atoms with E-state index in [0.29, 0.717) is 28.6 Å². The lowest BCUT2D eigenvalue weighted by atomic mass is 10.00. The third-order valence-electron chi connectivity index (χ3n) is 4.89. The maximum Gasteiger partial charge on any atom is 0.264 e. The SMILES string of the molecule is CC1(C)C=Cc2c(ccc(/C=N/c3ccc(NS(=O)(=O)c4cc(F)ccc4F)cc3)c2O)O1. The molecular formula is C24H20F2N2O4S. The first-order valence-corrected chi connectivity index (χ1v) is 11.4. The molecule has 6 nitrogen and oxygen atoms in total. The predicted molar refractivity (Wildman–Crippen MR) is 123 cm³/mol. The molecule has 0 saturated heterocycles. The summed E-state index contributed by atoms with van der Waals surface area (Å²) in [6, 6.07) is 11.6. The lowest BCUT2D eigenvalue weighted by molar-refractivity contribution is 0.158. The van der Waals surface area contributed by atoms with Gasteiger partial charge in [-0.1, -0.05) is 0 Å². The molecule has 0 amide bonds. The molecule has 0 aliphatic carbocycles. The molecule has 1 heterocycles. The van der Waals surface area contributed by atoms with Crippen LogP contribution in [-0.2, 0) is 10.0 Å². The number of halogens is 2. The van der Waals surface area contributed by atoms with Crippen molar-refractivity contribution in [1.82, 2.24) is 0 Å². The van der Waals surface area contributed by atoms with Gasteiger partial charge in [0.25, 0.3) is 10.0 Å². The quantitative estimate of drug-likeness (QED) is 0.489. The fraction of sp³-hybridized carbons (Fsp3) is 0.125. The zero-order chi connectivity index (χ0) is 23.8. The van der Waals surface area contributed by atoms with Crippen LogP contribution >= 0.6 is 0 Å². The molecule has 0 spiro atoms. The number of ether oxygens (including phenoxy) is 1. The zero-order valence-corrected chi connectivity index (χ0v) is 18.5. The van der Waals surface area contributed by atoms with Crippen molar-refractivity contribution < 1.29 is 27.0 Å². The molecule has 1 aliphatic heterocycles. The fourth-order valence-corrected chi connectivity index (χ4v) is 4.36. The van der Waals surface area contributed by atoms with Gasteiger partial charge >= 0.3 is 0 Å². The second-order valence-electron chi connectivity index (χ2n) is 7.94. The number of phenols is 1. The summed E-state index contributed by atoms with van der Waals surface area (Å²) in [7, 11) is -4.31. The summed E-state index contributed by atoms with van der Waals surface area (Å²) >= 11 is 0. The highest BCUT2D eigenvalue weighted by atomic mass is 32.2. The van der Waals surface area contributed by atoms with Crippen LogP contribution in [0.3, 0.4) is 0 Å². The van der Waals surface area contributed by atoms with E-state index in [1.165, 1.54) is 30.5 Å². The summed E-state index contributed by atoms with van der Waals surface area (Å²) < 4.78 is 60.0. The van der Waals surface area contributed by atoms with Crippen molar-refractivity contribution in [3.63, 3.8) is 0 Å². The number of nitrogens with one attached hydrogen (secondary N) is 1. The van der Waals surface area contributed by atoms with E-state index in [0.717, 1.165) is 12.1 Å². The van der Waals surface area contributed by atoms with Crippen LogP contribution in [0.15, 0.2) is 70.6 Å². The van der Waals surface area contributed by atoms with E-state index in [2.05, 4.69) is 9.71 Å². The number of hydrogen-bond donors (Lipinski definition) is 2. The molecule has 9 heteroatoms. The summed E-state index contributed by atoms with van der Waals surface area (Å²) in [5.74, 6) is -1.32. The molecule has 0 aromatic heterocycles. The Balaban J connectivity index is 1.51. The summed E-state index contributed by atoms with van der Waals surface area (Å²) in [4.78, 5) is 3.52. The summed E-state index contributed by atoms with van der Waals surface area (Å²) in [6.07, 6.45) is 5.13. The Labute approximate surface area is 189 Å². The van der Waals surface area contributed by atoms with Gasteiger partial charge in [0, 0.05) is 17.5 Å². The average Bonchev–Trinajstić information content (AvgIpc) is 2.75. The van der Waals surface area contributed by atoms with Crippen LogP contribution in [0.2, 0.25) is 0 Å². The van der Waals surface area contributed by atoms with E-state index in [1.807, 2.05) is 19.9 Å². The normalized spacial score (nSPS) is 14.7. The van der Waals surface area contributed by atoms with Gasteiger partial charge in [-0.25, -0.2) is 17.2 Å². The molecule has 4 rings (SSSR count). The van der Waals surface area contributed by atoms with E-state index in [-0.39, 0.29) is 11.4 Å². The van der Waals surface area contributed by atoms with E-state index in [9.17, 15) is 22.3 Å². The van der Waals surface area contributed by atoms with Gasteiger partial charge in [0.2, 0.25) is 0 Å². The molecule has 2 N–H and O–H groups in total. The van der Waals surface area contributed by atoms with Gasteiger partial charge in [0.1, 0.15) is 33.6 Å². The van der Waals surface area contributed by atoms with Crippen LogP contribution in [0.4, 0.5) is 20.2 Å². The van der Waals surface area contributed by atoms with E-state index in [1.54, 1.807) is 18.2 Å². The molecule has 0 saturated carbocycles. The number of anilines is 1. The van der Waals surface area contributed by atoms with E-state index in [4.69, 9.17) is 4.74 Å². The van der Waals surface area contributed by atoms with Crippen LogP contribution in [0.1, 0.15) is 25.0 Å². The van der Waals surface area contributed by atoms with Crippen molar-refractivity contribution >= 4 is 33.7 Å². The molecule has 1 aliphatic rings. The van der Waals surface area contributed by atoms with E-state index < -0.39 is 32.2 Å². The van der Waals surface area contributed by atoms with Gasteiger partial charge in [-0.05, 0) is 80.6 Å². The Morgan fingerprint density at radius 3 is 2.52 bits per heavy atom. The number of aromatic hydroxyl groups is 1. The van der Waals surface area contributed by atoms with Crippen molar-refractivity contribution in [3.05, 3.63) is 83.4 Å². The summed E-state index contributed by atoms with van der Waals surface area (Å²) in [6.45, 7) is 3.83. The minimum atomic E-state index is -4.31. The minimum absolute atomic E-state index is 0.0319. The van der Waals surface area contributed by atoms with Crippen LogP contribution in [0.5, 0.6) is 11.5 Å². The van der Waals surface area contributed by atoms with E-state index >= 15 is 0 Å². The zero-order valence-electron chi connectivity index (χ0n) is 17.7. The van der Waals surface area contributed by atoms with Crippen LogP contribution in [-0.4, -0.2) is 25.3 Å². The fourth-order valence-electron chi connectivity index (χ4n) is 3.21. The third-order valence-corrected chi connectivity index (χ3v) is 6.28. The molecule has 0 fully saturated rings. The van der Waals surface area contributed by atoms with Gasteiger partial charge in [-0.2, -0.15) is 0 Å². The standard InChI is InChI=1S/C24H20F2N2O4S/c1-24(2)12-11-19-21(32-24)10-3-15(23(19)29)14-27-17-5-7-18(8-6-17)28-33(30,31)22-13-16(25)4-9-20(22)26/h3-14,28-29H,1-2H3/b27-14+. The molecular weight excluding hydrogens is 450 g/mol. The first kappa shape index (κ1) is 22.5. The topological polar surface area (TPSA) is 88.0 Å². The average molecular weight is 470 g/mol. The molecule has 0 radical (unpaired) electrons. The van der Waals surface area contributed by atoms with Crippen molar-refractivity contribution in [3.8, 4) is 11.5 Å². The molecule has 170 valence electrons. The highest BCUT2D eigenvalue weighted by Gasteiger charge is 2.24. The summed E-state index contributed by atoms with van der Waals surface area (Å²) in [5, 5.41) is 10.5. The molecule has 0 unspecified atom stereocenters. The Morgan fingerprint density at radius 2 is 1.79 bits per heavy atom. The number of nitrogens with zero attached hydrogens (tertiary/aromatic N) is 1. The van der Waals surface area contributed by atoms with Crippen molar-refractivity contribution in [2.75, 3.05) is 4.72 Å². The Hall–Kier alpha value is -3.72. The van der Waals surface area contributed by atoms with Gasteiger partial charge in [0.05, 0.1) is 11.3 Å². The van der Waals surface area contributed by atoms with Gasteiger partial charge in [-0.15, -0.1) is 0 Å². The van der Waals surface area contributed by atoms with Crippen molar-refractivity contribution in [2.45, 2.75) is 24.3 Å². The number of hydrogen-bond acceptors (Lipinski definition) is 5. The predicted octanol–water partition coefficient (Wildman–Crippen LogP) is 5.41. The molecule has 33 heavy (non-hydrogen) atoms. The molecule has 0 atom stereocenters. The Kier molecular flexibility index (Phi) is 5.67. The van der Waals surface area contributed by atoms with Gasteiger partial charge in [-0.3, -0.25) is 9.71 Å². The lowest BCUT2D eigenvalue weighted by Crippen LogP contribution is -2.27. The Bertz CT molecular complexity index is 1380. The monoisotopic (exact) mass is 470 g/mol. The third kappa shape index (κ3) is 4.88. The molecule has 0 bridgehead atoms. The number of sulfonamides is 1. The maximum absolute atomic E-state index is 13.8. The highest BCUT2D eigenvalue weighted by Crippen LogP contribution is 2.38. The number of benzene rings is 3. The van der Waals surface area contributed by atoms with Gasteiger partial charge < -0.3 is 9.84 Å². The second-order valence-corrected chi connectivity index (χ2v) is 9.59. The lowest BCUT2D eigenvalue weighted by Gasteiger charge is -2.28. The highest BCUT2D eigenvalue weighted by molar-refractivity contribution is 7.92. The number of aliphatic imine (C=N–C) groups is 1. The summed E-state index contributed by atoms with van der Waals surface area (Å²) in [5.41, 5.74) is 1.22. The van der Waals surface area contributed by atoms with Crippen LogP contribution in [0.25, 0.3) is 6.08 Å². The first-order valence-electron chi connectivity index (χ1n) is 9.90. The minimum Gasteiger partial charge on any atom is -0.506 e. The van der Waals surface area contributed by atoms with Crippen LogP contribution in [0, 0.1) is 11.6 Å². The Morgan fingerprint density at radius 1 is 1.06 bits per heavy atom. The first-order chi connectivity index (χ1) is 15.5. The maximum atomic E-state index is 13.8. The molecule has 3 aromatic carbocycles. The van der Waals surface area contributed by atoms with Crippen LogP contribution < -0.4 is 9.46 Å². The number of phenolic OH excluding ortho intramolecular Hbond substituents is 1.